The minimum absolute atomic E-state index is 0.0607. The lowest BCUT2D eigenvalue weighted by Gasteiger charge is -2.19. The van der Waals surface area contributed by atoms with Crippen molar-refractivity contribution in [3.8, 4) is 0 Å². The molecular formula is C18H23N3O4. The summed E-state index contributed by atoms with van der Waals surface area (Å²) in [7, 11) is 0. The van der Waals surface area contributed by atoms with Crippen molar-refractivity contribution in [2.24, 2.45) is 0 Å². The first-order chi connectivity index (χ1) is 11.7. The Morgan fingerprint density at radius 3 is 2.44 bits per heavy atom. The van der Waals surface area contributed by atoms with E-state index in [2.05, 4.69) is 5.10 Å². The van der Waals surface area contributed by atoms with E-state index in [1.807, 2.05) is 32.4 Å². The molecule has 0 N–H and O–H groups in total. The van der Waals surface area contributed by atoms with Crippen LogP contribution in [-0.2, 0) is 28.9 Å². The average molecular weight is 345 g/mol. The Morgan fingerprint density at radius 1 is 1.28 bits per heavy atom. The third-order valence-corrected chi connectivity index (χ3v) is 3.60. The number of ether oxygens (including phenoxy) is 1. The Balaban J connectivity index is 2.13. The second-order valence-electron chi connectivity index (χ2n) is 6.81. The number of nitro groups is 1. The first-order valence-corrected chi connectivity index (χ1v) is 8.18. The number of esters is 1. The van der Waals surface area contributed by atoms with Gasteiger partial charge in [-0.2, -0.15) is 5.10 Å². The normalized spacial score (nSPS) is 11.4. The zero-order valence-corrected chi connectivity index (χ0v) is 15.0. The maximum atomic E-state index is 12.0. The molecule has 2 aromatic rings. The van der Waals surface area contributed by atoms with E-state index in [-0.39, 0.29) is 18.1 Å². The molecule has 1 aromatic carbocycles. The number of hydrogen-bond donors (Lipinski definition) is 0. The Bertz CT molecular complexity index is 758. The number of nitro benzene ring substituents is 1. The number of non-ortho nitro benzene ring substituents is 1. The molecule has 0 radical (unpaired) electrons. The maximum absolute atomic E-state index is 12.0. The summed E-state index contributed by atoms with van der Waals surface area (Å²) in [6.45, 7) is 8.01. The maximum Gasteiger partial charge on any atom is 0.310 e. The van der Waals surface area contributed by atoms with Crippen LogP contribution in [0.25, 0.3) is 0 Å². The molecule has 134 valence electrons. The molecule has 0 aliphatic heterocycles. The van der Waals surface area contributed by atoms with Crippen LogP contribution in [0.4, 0.5) is 5.69 Å². The topological polar surface area (TPSA) is 87.3 Å². The molecule has 0 aliphatic rings. The molecule has 1 heterocycles. The van der Waals surface area contributed by atoms with Crippen LogP contribution < -0.4 is 0 Å². The molecule has 2 rings (SSSR count). The van der Waals surface area contributed by atoms with Gasteiger partial charge >= 0.3 is 5.97 Å². The molecule has 25 heavy (non-hydrogen) atoms. The highest BCUT2D eigenvalue weighted by Crippen LogP contribution is 2.17. The Kier molecular flexibility index (Phi) is 5.56. The van der Waals surface area contributed by atoms with Gasteiger partial charge in [-0.05, 0) is 32.8 Å². The third kappa shape index (κ3) is 5.14. The number of aromatic nitrogens is 2. The second kappa shape index (κ2) is 7.46. The number of rotatable bonds is 6. The van der Waals surface area contributed by atoms with E-state index in [0.29, 0.717) is 6.54 Å². The van der Waals surface area contributed by atoms with Gasteiger partial charge in [0.2, 0.25) is 0 Å². The molecule has 0 unspecified atom stereocenters. The summed E-state index contributed by atoms with van der Waals surface area (Å²) in [5.74, 6) is -0.280. The first kappa shape index (κ1) is 18.6. The summed E-state index contributed by atoms with van der Waals surface area (Å²) in [5.41, 5.74) is 2.26. The molecule has 1 aromatic heterocycles. The summed E-state index contributed by atoms with van der Waals surface area (Å²) in [6.07, 6.45) is 2.60. The molecular weight excluding hydrogens is 322 g/mol. The summed E-state index contributed by atoms with van der Waals surface area (Å²) < 4.78 is 7.18. The molecule has 0 aliphatic carbocycles. The number of carbonyl (C=O) groups excluding carboxylic acids is 1. The zero-order chi connectivity index (χ0) is 18.6. The molecule has 0 spiro atoms. The predicted octanol–water partition coefficient (Wildman–Crippen LogP) is 3.29. The SMILES string of the molecule is CCc1c(CC(=O)OC(C)(C)C)cnn1Cc1ccc([N+](=O)[O-])cc1. The molecule has 0 saturated heterocycles. The predicted molar refractivity (Wildman–Crippen MR) is 93.4 cm³/mol. The minimum Gasteiger partial charge on any atom is -0.460 e. The number of carbonyl (C=O) groups is 1. The number of hydrogen-bond acceptors (Lipinski definition) is 5. The second-order valence-corrected chi connectivity index (χ2v) is 6.81. The first-order valence-electron chi connectivity index (χ1n) is 8.18. The molecule has 0 atom stereocenters. The monoisotopic (exact) mass is 345 g/mol. The zero-order valence-electron chi connectivity index (χ0n) is 15.0. The fourth-order valence-electron chi connectivity index (χ4n) is 2.57. The minimum atomic E-state index is -0.516. The van der Waals surface area contributed by atoms with Crippen molar-refractivity contribution in [3.63, 3.8) is 0 Å². The van der Waals surface area contributed by atoms with Crippen molar-refractivity contribution in [1.29, 1.82) is 0 Å². The van der Waals surface area contributed by atoms with E-state index in [9.17, 15) is 14.9 Å². The van der Waals surface area contributed by atoms with Crippen LogP contribution in [0.3, 0.4) is 0 Å². The lowest BCUT2D eigenvalue weighted by molar-refractivity contribution is -0.384. The lowest BCUT2D eigenvalue weighted by atomic mass is 10.1. The fourth-order valence-corrected chi connectivity index (χ4v) is 2.57. The van der Waals surface area contributed by atoms with E-state index in [1.165, 1.54) is 12.1 Å². The number of benzene rings is 1. The third-order valence-electron chi connectivity index (χ3n) is 3.60. The molecule has 7 heteroatoms. The molecule has 0 bridgehead atoms. The van der Waals surface area contributed by atoms with Gasteiger partial charge in [0.15, 0.2) is 0 Å². The van der Waals surface area contributed by atoms with Crippen molar-refractivity contribution in [2.45, 2.75) is 52.7 Å². The lowest BCUT2D eigenvalue weighted by Crippen LogP contribution is -2.25. The highest BCUT2D eigenvalue weighted by Gasteiger charge is 2.19. The van der Waals surface area contributed by atoms with Gasteiger partial charge in [-0.3, -0.25) is 19.6 Å². The summed E-state index contributed by atoms with van der Waals surface area (Å²) >= 11 is 0. The van der Waals surface area contributed by atoms with Crippen molar-refractivity contribution in [1.82, 2.24) is 9.78 Å². The van der Waals surface area contributed by atoms with E-state index in [1.54, 1.807) is 18.3 Å². The quantitative estimate of drug-likeness (QED) is 0.455. The van der Waals surface area contributed by atoms with Gasteiger partial charge in [0, 0.05) is 23.4 Å². The van der Waals surface area contributed by atoms with Gasteiger partial charge in [0.1, 0.15) is 5.60 Å². The van der Waals surface area contributed by atoms with Crippen molar-refractivity contribution in [2.75, 3.05) is 0 Å². The molecule has 0 fully saturated rings. The van der Waals surface area contributed by atoms with Crippen LogP contribution in [0.2, 0.25) is 0 Å². The largest absolute Gasteiger partial charge is 0.460 e. The van der Waals surface area contributed by atoms with Gasteiger partial charge in [-0.25, -0.2) is 0 Å². The summed E-state index contributed by atoms with van der Waals surface area (Å²) in [5, 5.41) is 15.1. The van der Waals surface area contributed by atoms with Crippen molar-refractivity contribution >= 4 is 11.7 Å². The summed E-state index contributed by atoms with van der Waals surface area (Å²) in [4.78, 5) is 22.3. The highest BCUT2D eigenvalue weighted by molar-refractivity contribution is 5.73. The fraction of sp³-hybridized carbons (Fsp3) is 0.444. The highest BCUT2D eigenvalue weighted by atomic mass is 16.6. The standard InChI is InChI=1S/C18H23N3O4/c1-5-16-14(10-17(22)25-18(2,3)4)11-19-20(16)12-13-6-8-15(9-7-13)21(23)24/h6-9,11H,5,10,12H2,1-4H3. The van der Waals surface area contributed by atoms with E-state index in [0.717, 1.165) is 23.2 Å². The van der Waals surface area contributed by atoms with Crippen LogP contribution >= 0.6 is 0 Å². The Morgan fingerprint density at radius 2 is 1.92 bits per heavy atom. The molecule has 0 amide bonds. The summed E-state index contributed by atoms with van der Waals surface area (Å²) in [6, 6.07) is 6.39. The Hall–Kier alpha value is -2.70. The van der Waals surface area contributed by atoms with Crippen LogP contribution in [0.5, 0.6) is 0 Å². The molecule has 0 saturated carbocycles. The van der Waals surface area contributed by atoms with Gasteiger partial charge in [0.05, 0.1) is 24.1 Å². The Labute approximate surface area is 146 Å². The van der Waals surface area contributed by atoms with Crippen LogP contribution in [-0.4, -0.2) is 26.3 Å². The average Bonchev–Trinajstić information content (AvgIpc) is 2.87. The van der Waals surface area contributed by atoms with Gasteiger partial charge in [-0.15, -0.1) is 0 Å². The van der Waals surface area contributed by atoms with Gasteiger partial charge in [0.25, 0.3) is 5.69 Å². The van der Waals surface area contributed by atoms with Gasteiger partial charge < -0.3 is 4.74 Å². The van der Waals surface area contributed by atoms with E-state index < -0.39 is 10.5 Å². The van der Waals surface area contributed by atoms with Crippen LogP contribution in [0.1, 0.15) is 44.5 Å². The van der Waals surface area contributed by atoms with Crippen LogP contribution in [0.15, 0.2) is 30.5 Å². The molecule has 7 nitrogen and oxygen atoms in total. The van der Waals surface area contributed by atoms with Crippen LogP contribution in [0, 0.1) is 10.1 Å². The van der Waals surface area contributed by atoms with Gasteiger partial charge in [-0.1, -0.05) is 19.1 Å². The smallest absolute Gasteiger partial charge is 0.310 e. The van der Waals surface area contributed by atoms with E-state index >= 15 is 0 Å². The number of nitrogens with zero attached hydrogens (tertiary/aromatic N) is 3. The van der Waals surface area contributed by atoms with Crippen molar-refractivity contribution in [3.05, 3.63) is 57.4 Å². The van der Waals surface area contributed by atoms with Crippen molar-refractivity contribution < 1.29 is 14.5 Å². The van der Waals surface area contributed by atoms with E-state index in [4.69, 9.17) is 4.74 Å².